The van der Waals surface area contributed by atoms with E-state index >= 15 is 0 Å². The number of methoxy groups -OCH3 is 1. The molecule has 1 aromatic carbocycles. The first kappa shape index (κ1) is 11.6. The quantitative estimate of drug-likeness (QED) is 0.829. The molecule has 0 aliphatic heterocycles. The standard InChI is InChI=1S/C12H12BrNOS/c1-7-4-5-10(15-3)9(6-7)11-12(13)16-8(2)14-11/h4-6H,1-3H3. The van der Waals surface area contributed by atoms with Crippen molar-refractivity contribution in [1.82, 2.24) is 4.98 Å². The molecular weight excluding hydrogens is 286 g/mol. The van der Waals surface area contributed by atoms with E-state index in [1.165, 1.54) is 5.56 Å². The normalized spacial score (nSPS) is 10.5. The lowest BCUT2D eigenvalue weighted by atomic mass is 10.1. The fraction of sp³-hybridized carbons (Fsp3) is 0.250. The van der Waals surface area contributed by atoms with Crippen molar-refractivity contribution in [3.05, 3.63) is 32.6 Å². The number of hydrogen-bond acceptors (Lipinski definition) is 3. The molecule has 0 N–H and O–H groups in total. The predicted octanol–water partition coefficient (Wildman–Crippen LogP) is 4.20. The van der Waals surface area contributed by atoms with Crippen molar-refractivity contribution in [3.8, 4) is 17.0 Å². The second-order valence-corrected chi connectivity index (χ2v) is 6.08. The molecule has 0 unspecified atom stereocenters. The molecule has 1 aromatic heterocycles. The Kier molecular flexibility index (Phi) is 3.30. The number of nitrogens with zero attached hydrogens (tertiary/aromatic N) is 1. The van der Waals surface area contributed by atoms with Gasteiger partial charge in [0, 0.05) is 5.56 Å². The summed E-state index contributed by atoms with van der Waals surface area (Å²) in [5.41, 5.74) is 3.20. The van der Waals surface area contributed by atoms with Gasteiger partial charge in [-0.05, 0) is 41.9 Å². The molecular formula is C12H12BrNOS. The lowest BCUT2D eigenvalue weighted by Gasteiger charge is -2.07. The van der Waals surface area contributed by atoms with Crippen LogP contribution < -0.4 is 4.74 Å². The highest BCUT2D eigenvalue weighted by Gasteiger charge is 2.13. The topological polar surface area (TPSA) is 22.1 Å². The monoisotopic (exact) mass is 297 g/mol. The number of thiazole rings is 1. The van der Waals surface area contributed by atoms with Crippen LogP contribution in [0, 0.1) is 13.8 Å². The van der Waals surface area contributed by atoms with E-state index in [0.717, 1.165) is 25.8 Å². The van der Waals surface area contributed by atoms with E-state index in [1.54, 1.807) is 18.4 Å². The van der Waals surface area contributed by atoms with Crippen LogP contribution in [-0.4, -0.2) is 12.1 Å². The molecule has 0 bridgehead atoms. The molecule has 0 saturated carbocycles. The molecule has 0 saturated heterocycles. The highest BCUT2D eigenvalue weighted by atomic mass is 79.9. The molecule has 0 fully saturated rings. The predicted molar refractivity (Wildman–Crippen MR) is 71.3 cm³/mol. The minimum atomic E-state index is 0.858. The third kappa shape index (κ3) is 2.13. The van der Waals surface area contributed by atoms with Crippen molar-refractivity contribution in [2.45, 2.75) is 13.8 Å². The molecule has 2 aromatic rings. The maximum atomic E-state index is 5.36. The first-order valence-electron chi connectivity index (χ1n) is 4.89. The summed E-state index contributed by atoms with van der Waals surface area (Å²) in [4.78, 5) is 4.52. The van der Waals surface area contributed by atoms with Gasteiger partial charge in [0.2, 0.25) is 0 Å². The molecule has 2 nitrogen and oxygen atoms in total. The van der Waals surface area contributed by atoms with Crippen LogP contribution in [0.2, 0.25) is 0 Å². The zero-order valence-corrected chi connectivity index (χ0v) is 11.8. The molecule has 1 heterocycles. The summed E-state index contributed by atoms with van der Waals surface area (Å²) in [6.45, 7) is 4.07. The minimum Gasteiger partial charge on any atom is -0.496 e. The number of aromatic nitrogens is 1. The van der Waals surface area contributed by atoms with E-state index in [2.05, 4.69) is 33.9 Å². The molecule has 0 radical (unpaired) electrons. The van der Waals surface area contributed by atoms with E-state index < -0.39 is 0 Å². The number of halogens is 1. The average molecular weight is 298 g/mol. The number of ether oxygens (including phenoxy) is 1. The third-order valence-electron chi connectivity index (χ3n) is 2.30. The number of benzene rings is 1. The second kappa shape index (κ2) is 4.55. The summed E-state index contributed by atoms with van der Waals surface area (Å²) in [5.74, 6) is 0.858. The van der Waals surface area contributed by atoms with Crippen LogP contribution in [0.25, 0.3) is 11.3 Å². The Morgan fingerprint density at radius 3 is 2.62 bits per heavy atom. The fourth-order valence-corrected chi connectivity index (χ4v) is 3.23. The molecule has 0 atom stereocenters. The molecule has 4 heteroatoms. The molecule has 84 valence electrons. The van der Waals surface area contributed by atoms with E-state index in [-0.39, 0.29) is 0 Å². The zero-order chi connectivity index (χ0) is 11.7. The first-order chi connectivity index (χ1) is 7.61. The molecule has 0 aliphatic rings. The first-order valence-corrected chi connectivity index (χ1v) is 6.50. The smallest absolute Gasteiger partial charge is 0.128 e. The van der Waals surface area contributed by atoms with Crippen LogP contribution in [0.5, 0.6) is 5.75 Å². The Labute approximate surface area is 107 Å². The largest absolute Gasteiger partial charge is 0.496 e. The van der Waals surface area contributed by atoms with Crippen LogP contribution in [0.1, 0.15) is 10.6 Å². The minimum absolute atomic E-state index is 0.858. The van der Waals surface area contributed by atoms with Gasteiger partial charge in [0.25, 0.3) is 0 Å². The van der Waals surface area contributed by atoms with Gasteiger partial charge in [0.1, 0.15) is 5.75 Å². The second-order valence-electron chi connectivity index (χ2n) is 3.56. The highest BCUT2D eigenvalue weighted by molar-refractivity contribution is 9.11. The van der Waals surface area contributed by atoms with Crippen molar-refractivity contribution in [2.24, 2.45) is 0 Å². The van der Waals surface area contributed by atoms with Gasteiger partial charge in [-0.1, -0.05) is 11.6 Å². The van der Waals surface area contributed by atoms with Crippen molar-refractivity contribution in [3.63, 3.8) is 0 Å². The van der Waals surface area contributed by atoms with Gasteiger partial charge >= 0.3 is 0 Å². The van der Waals surface area contributed by atoms with Crippen molar-refractivity contribution in [1.29, 1.82) is 0 Å². The molecule has 2 rings (SSSR count). The molecule has 0 amide bonds. The van der Waals surface area contributed by atoms with Crippen molar-refractivity contribution >= 4 is 27.3 Å². The number of rotatable bonds is 2. The number of hydrogen-bond donors (Lipinski definition) is 0. The lowest BCUT2D eigenvalue weighted by Crippen LogP contribution is -1.89. The summed E-state index contributed by atoms with van der Waals surface area (Å²) >= 11 is 5.18. The van der Waals surface area contributed by atoms with Gasteiger partial charge in [-0.2, -0.15) is 0 Å². The van der Waals surface area contributed by atoms with Gasteiger partial charge in [-0.15, -0.1) is 11.3 Å². The average Bonchev–Trinajstić information content (AvgIpc) is 2.57. The maximum Gasteiger partial charge on any atom is 0.128 e. The van der Waals surface area contributed by atoms with Gasteiger partial charge in [-0.25, -0.2) is 4.98 Å². The molecule has 0 aliphatic carbocycles. The van der Waals surface area contributed by atoms with E-state index in [4.69, 9.17) is 4.74 Å². The summed E-state index contributed by atoms with van der Waals surface area (Å²) in [6.07, 6.45) is 0. The van der Waals surface area contributed by atoms with Gasteiger partial charge in [0.05, 0.1) is 21.6 Å². The van der Waals surface area contributed by atoms with E-state index in [1.807, 2.05) is 19.1 Å². The van der Waals surface area contributed by atoms with E-state index in [9.17, 15) is 0 Å². The Morgan fingerprint density at radius 1 is 1.31 bits per heavy atom. The van der Waals surface area contributed by atoms with Crippen LogP contribution in [0.15, 0.2) is 22.0 Å². The summed E-state index contributed by atoms with van der Waals surface area (Å²) in [6, 6.07) is 6.11. The molecule has 16 heavy (non-hydrogen) atoms. The summed E-state index contributed by atoms with van der Waals surface area (Å²) < 4.78 is 6.41. The number of aryl methyl sites for hydroxylation is 2. The van der Waals surface area contributed by atoms with Crippen LogP contribution in [0.3, 0.4) is 0 Å². The Morgan fingerprint density at radius 2 is 2.06 bits per heavy atom. The van der Waals surface area contributed by atoms with Crippen LogP contribution in [-0.2, 0) is 0 Å². The zero-order valence-electron chi connectivity index (χ0n) is 9.37. The molecule has 0 spiro atoms. The Hall–Kier alpha value is -0.870. The van der Waals surface area contributed by atoms with Crippen molar-refractivity contribution < 1.29 is 4.74 Å². The van der Waals surface area contributed by atoms with Gasteiger partial charge < -0.3 is 4.74 Å². The van der Waals surface area contributed by atoms with Crippen molar-refractivity contribution in [2.75, 3.05) is 7.11 Å². The highest BCUT2D eigenvalue weighted by Crippen LogP contribution is 2.37. The third-order valence-corrected chi connectivity index (χ3v) is 3.92. The SMILES string of the molecule is COc1ccc(C)cc1-c1nc(C)sc1Br. The van der Waals surface area contributed by atoms with Crippen LogP contribution >= 0.6 is 27.3 Å². The van der Waals surface area contributed by atoms with Crippen LogP contribution in [0.4, 0.5) is 0 Å². The Bertz CT molecular complexity index is 522. The summed E-state index contributed by atoms with van der Waals surface area (Å²) in [7, 11) is 1.68. The van der Waals surface area contributed by atoms with E-state index in [0.29, 0.717) is 0 Å². The van der Waals surface area contributed by atoms with Gasteiger partial charge in [-0.3, -0.25) is 0 Å². The summed E-state index contributed by atoms with van der Waals surface area (Å²) in [5, 5.41) is 1.05. The fourth-order valence-electron chi connectivity index (χ4n) is 1.58. The Balaban J connectivity index is 2.62. The lowest BCUT2D eigenvalue weighted by molar-refractivity contribution is 0.416. The van der Waals surface area contributed by atoms with Gasteiger partial charge in [0.15, 0.2) is 0 Å². The maximum absolute atomic E-state index is 5.36.